The Morgan fingerprint density at radius 2 is 1.92 bits per heavy atom. The molecule has 1 N–H and O–H groups in total. The molecule has 2 heterocycles. The quantitative estimate of drug-likeness (QED) is 0.586. The van der Waals surface area contributed by atoms with Crippen molar-refractivity contribution in [1.82, 2.24) is 15.3 Å². The number of pyridine rings is 1. The Balaban J connectivity index is 1.32. The number of rotatable bonds is 9. The van der Waals surface area contributed by atoms with Gasteiger partial charge in [0.05, 0.1) is 23.0 Å². The van der Waals surface area contributed by atoms with Crippen LogP contribution < -0.4 is 10.1 Å². The molecule has 2 aromatic heterocycles. The fourth-order valence-electron chi connectivity index (χ4n) is 2.39. The lowest BCUT2D eigenvalue weighted by Gasteiger charge is -2.06. The molecule has 0 bridgehead atoms. The Kier molecular flexibility index (Phi) is 6.73. The van der Waals surface area contributed by atoms with Crippen LogP contribution >= 0.6 is 11.3 Å². The maximum atomic E-state index is 11.9. The van der Waals surface area contributed by atoms with Crippen LogP contribution in [0.15, 0.2) is 60.1 Å². The first-order valence-electron chi connectivity index (χ1n) is 8.61. The van der Waals surface area contributed by atoms with Gasteiger partial charge in [0.1, 0.15) is 5.75 Å². The summed E-state index contributed by atoms with van der Waals surface area (Å²) in [6, 6.07) is 15.4. The number of hydrogen-bond donors (Lipinski definition) is 1. The second-order valence-electron chi connectivity index (χ2n) is 5.71. The van der Waals surface area contributed by atoms with E-state index in [2.05, 4.69) is 15.3 Å². The number of amides is 1. The molecule has 3 rings (SSSR count). The van der Waals surface area contributed by atoms with Crippen molar-refractivity contribution in [2.45, 2.75) is 19.3 Å². The number of para-hydroxylation sites is 1. The van der Waals surface area contributed by atoms with Gasteiger partial charge in [-0.2, -0.15) is 0 Å². The fourth-order valence-corrected chi connectivity index (χ4v) is 3.19. The van der Waals surface area contributed by atoms with Gasteiger partial charge in [-0.25, -0.2) is 4.98 Å². The van der Waals surface area contributed by atoms with Crippen LogP contribution in [0.2, 0.25) is 0 Å². The smallest absolute Gasteiger partial charge is 0.220 e. The van der Waals surface area contributed by atoms with Crippen molar-refractivity contribution in [1.29, 1.82) is 0 Å². The second-order valence-corrected chi connectivity index (χ2v) is 6.65. The van der Waals surface area contributed by atoms with Gasteiger partial charge in [-0.3, -0.25) is 9.78 Å². The first-order chi connectivity index (χ1) is 12.8. The van der Waals surface area contributed by atoms with E-state index in [1.807, 2.05) is 53.9 Å². The van der Waals surface area contributed by atoms with Crippen LogP contribution in [-0.4, -0.2) is 29.0 Å². The first-order valence-corrected chi connectivity index (χ1v) is 9.49. The lowest BCUT2D eigenvalue weighted by Crippen LogP contribution is -2.25. The number of hydrogen-bond acceptors (Lipinski definition) is 5. The summed E-state index contributed by atoms with van der Waals surface area (Å²) in [6.45, 7) is 1.13. The minimum atomic E-state index is 0.0446. The van der Waals surface area contributed by atoms with Crippen molar-refractivity contribution >= 4 is 17.2 Å². The summed E-state index contributed by atoms with van der Waals surface area (Å²) < 4.78 is 5.58. The minimum Gasteiger partial charge on any atom is -0.494 e. The molecule has 5 nitrogen and oxygen atoms in total. The third-order valence-electron chi connectivity index (χ3n) is 3.70. The number of nitrogens with one attached hydrogen (secondary N) is 1. The molecular weight excluding hydrogens is 346 g/mol. The molecule has 0 saturated heterocycles. The third kappa shape index (κ3) is 5.67. The summed E-state index contributed by atoms with van der Waals surface area (Å²) in [5, 5.41) is 5.93. The largest absolute Gasteiger partial charge is 0.494 e. The Morgan fingerprint density at radius 1 is 1.08 bits per heavy atom. The van der Waals surface area contributed by atoms with Gasteiger partial charge in [0.15, 0.2) is 0 Å². The van der Waals surface area contributed by atoms with E-state index in [1.165, 1.54) is 0 Å². The van der Waals surface area contributed by atoms with E-state index in [0.29, 0.717) is 26.0 Å². The molecule has 1 aromatic carbocycles. The van der Waals surface area contributed by atoms with Crippen molar-refractivity contribution < 1.29 is 9.53 Å². The summed E-state index contributed by atoms with van der Waals surface area (Å²) in [7, 11) is 0. The van der Waals surface area contributed by atoms with Gasteiger partial charge < -0.3 is 10.1 Å². The lowest BCUT2D eigenvalue weighted by atomic mass is 10.3. The van der Waals surface area contributed by atoms with Gasteiger partial charge in [0.2, 0.25) is 5.91 Å². The zero-order valence-corrected chi connectivity index (χ0v) is 15.2. The van der Waals surface area contributed by atoms with E-state index in [0.717, 1.165) is 28.6 Å². The van der Waals surface area contributed by atoms with Crippen LogP contribution in [0.1, 0.15) is 17.8 Å². The number of carbonyl (C=O) groups is 1. The molecule has 0 aliphatic heterocycles. The molecule has 6 heteroatoms. The first kappa shape index (κ1) is 18.1. The fraction of sp³-hybridized carbons (Fsp3) is 0.250. The number of carbonyl (C=O) groups excluding carboxylic acids is 1. The van der Waals surface area contributed by atoms with Gasteiger partial charge in [0, 0.05) is 31.0 Å². The molecule has 26 heavy (non-hydrogen) atoms. The molecule has 3 aromatic rings. The van der Waals surface area contributed by atoms with Crippen molar-refractivity contribution in [3.63, 3.8) is 0 Å². The Hall–Kier alpha value is -2.73. The summed E-state index contributed by atoms with van der Waals surface area (Å²) >= 11 is 1.59. The van der Waals surface area contributed by atoms with Crippen molar-refractivity contribution in [2.24, 2.45) is 0 Å². The number of benzene rings is 1. The number of ether oxygens (including phenoxy) is 1. The Labute approximate surface area is 157 Å². The molecular formula is C20H21N3O2S. The highest BCUT2D eigenvalue weighted by Crippen LogP contribution is 2.19. The monoisotopic (exact) mass is 367 g/mol. The highest BCUT2D eigenvalue weighted by molar-refractivity contribution is 7.09. The van der Waals surface area contributed by atoms with E-state index < -0.39 is 0 Å². The standard InChI is InChI=1S/C20H21N3O2S/c24-19(10-6-14-25-16-7-2-1-3-8-16)22-13-11-20-23-18(15-26-20)17-9-4-5-12-21-17/h1-5,7-9,12,15H,6,10-11,13-14H2,(H,22,24). The maximum absolute atomic E-state index is 11.9. The summed E-state index contributed by atoms with van der Waals surface area (Å²) in [6.07, 6.45) is 3.64. The maximum Gasteiger partial charge on any atom is 0.220 e. The normalized spacial score (nSPS) is 10.5. The molecule has 0 unspecified atom stereocenters. The van der Waals surface area contributed by atoms with E-state index in [9.17, 15) is 4.79 Å². The van der Waals surface area contributed by atoms with Gasteiger partial charge in [-0.1, -0.05) is 24.3 Å². The SMILES string of the molecule is O=C(CCCOc1ccccc1)NCCc1nc(-c2ccccn2)cs1. The van der Waals surface area contributed by atoms with Crippen LogP contribution in [0.25, 0.3) is 11.4 Å². The van der Waals surface area contributed by atoms with Crippen LogP contribution in [0.4, 0.5) is 0 Å². The highest BCUT2D eigenvalue weighted by Gasteiger charge is 2.06. The average Bonchev–Trinajstić information content (AvgIpc) is 3.16. The molecule has 0 radical (unpaired) electrons. The predicted octanol–water partition coefficient (Wildman–Crippen LogP) is 3.72. The van der Waals surface area contributed by atoms with Crippen LogP contribution in [0.3, 0.4) is 0 Å². The van der Waals surface area contributed by atoms with Crippen molar-refractivity contribution in [3.8, 4) is 17.1 Å². The van der Waals surface area contributed by atoms with Crippen molar-refractivity contribution in [2.75, 3.05) is 13.2 Å². The van der Waals surface area contributed by atoms with Gasteiger partial charge in [0.25, 0.3) is 0 Å². The molecule has 0 spiro atoms. The number of thiazole rings is 1. The Morgan fingerprint density at radius 3 is 2.73 bits per heavy atom. The van der Waals surface area contributed by atoms with E-state index in [-0.39, 0.29) is 5.91 Å². The summed E-state index contributed by atoms with van der Waals surface area (Å²) in [5.74, 6) is 0.878. The summed E-state index contributed by atoms with van der Waals surface area (Å²) in [5.41, 5.74) is 1.76. The molecule has 0 fully saturated rings. The number of nitrogens with zero attached hydrogens (tertiary/aromatic N) is 2. The lowest BCUT2D eigenvalue weighted by molar-refractivity contribution is -0.121. The van der Waals surface area contributed by atoms with Crippen LogP contribution in [-0.2, 0) is 11.2 Å². The van der Waals surface area contributed by atoms with Crippen LogP contribution in [0.5, 0.6) is 5.75 Å². The molecule has 0 aliphatic carbocycles. The molecule has 134 valence electrons. The summed E-state index contributed by atoms with van der Waals surface area (Å²) in [4.78, 5) is 20.7. The molecule has 1 amide bonds. The Bertz CT molecular complexity index is 806. The van der Waals surface area contributed by atoms with Gasteiger partial charge in [-0.05, 0) is 30.7 Å². The third-order valence-corrected chi connectivity index (χ3v) is 4.61. The van der Waals surface area contributed by atoms with Crippen molar-refractivity contribution in [3.05, 3.63) is 65.1 Å². The van der Waals surface area contributed by atoms with Crippen LogP contribution in [0, 0.1) is 0 Å². The van der Waals surface area contributed by atoms with Gasteiger partial charge in [-0.15, -0.1) is 11.3 Å². The zero-order valence-electron chi connectivity index (χ0n) is 14.4. The average molecular weight is 367 g/mol. The zero-order chi connectivity index (χ0) is 18.0. The highest BCUT2D eigenvalue weighted by atomic mass is 32.1. The molecule has 0 atom stereocenters. The molecule has 0 aliphatic rings. The van der Waals surface area contributed by atoms with Gasteiger partial charge >= 0.3 is 0 Å². The minimum absolute atomic E-state index is 0.0446. The number of aromatic nitrogens is 2. The van der Waals surface area contributed by atoms with E-state index >= 15 is 0 Å². The molecule has 0 saturated carbocycles. The van der Waals surface area contributed by atoms with E-state index in [4.69, 9.17) is 4.74 Å². The predicted molar refractivity (Wildman–Crippen MR) is 103 cm³/mol. The van der Waals surface area contributed by atoms with E-state index in [1.54, 1.807) is 17.5 Å². The second kappa shape index (κ2) is 9.68. The topological polar surface area (TPSA) is 64.1 Å².